The first-order chi connectivity index (χ1) is 10.1. The van der Waals surface area contributed by atoms with Crippen LogP contribution in [0.2, 0.25) is 5.02 Å². The van der Waals surface area contributed by atoms with Gasteiger partial charge in [-0.3, -0.25) is 14.0 Å². The molecule has 0 aliphatic carbocycles. The molecule has 0 bridgehead atoms. The smallest absolute Gasteiger partial charge is 0.264 e. The van der Waals surface area contributed by atoms with Crippen LogP contribution in [0.4, 0.5) is 0 Å². The minimum atomic E-state index is -0.882. The van der Waals surface area contributed by atoms with Crippen LogP contribution in [0.1, 0.15) is 11.7 Å². The quantitative estimate of drug-likeness (QED) is 0.796. The first-order valence-electron chi connectivity index (χ1n) is 6.37. The Bertz CT molecular complexity index is 856. The van der Waals surface area contributed by atoms with Gasteiger partial charge >= 0.3 is 0 Å². The number of halogens is 1. The van der Waals surface area contributed by atoms with Gasteiger partial charge in [0.25, 0.3) is 5.56 Å². The van der Waals surface area contributed by atoms with Crippen molar-refractivity contribution in [2.75, 3.05) is 0 Å². The zero-order valence-electron chi connectivity index (χ0n) is 11.3. The van der Waals surface area contributed by atoms with Gasteiger partial charge in [-0.15, -0.1) is 0 Å². The second kappa shape index (κ2) is 5.31. The SMILES string of the molecule is Cn1ncc2c(=O)n(CC(O)c3ccccc3Cl)cnc21. The molecule has 3 rings (SSSR count). The van der Waals surface area contributed by atoms with Gasteiger partial charge in [-0.25, -0.2) is 4.98 Å². The molecule has 0 spiro atoms. The molecule has 6 nitrogen and oxygen atoms in total. The van der Waals surface area contributed by atoms with Crippen LogP contribution < -0.4 is 5.56 Å². The Morgan fingerprint density at radius 3 is 2.90 bits per heavy atom. The highest BCUT2D eigenvalue weighted by Gasteiger charge is 2.14. The lowest BCUT2D eigenvalue weighted by Gasteiger charge is -2.14. The second-order valence-electron chi connectivity index (χ2n) is 4.74. The Labute approximate surface area is 125 Å². The fourth-order valence-corrected chi connectivity index (χ4v) is 2.49. The molecule has 1 aromatic carbocycles. The fraction of sp³-hybridized carbons (Fsp3) is 0.214. The van der Waals surface area contributed by atoms with Crippen molar-refractivity contribution in [2.24, 2.45) is 7.05 Å². The molecule has 3 aromatic rings. The molecule has 0 radical (unpaired) electrons. The highest BCUT2D eigenvalue weighted by atomic mass is 35.5. The molecule has 7 heteroatoms. The molecule has 0 fully saturated rings. The minimum absolute atomic E-state index is 0.0837. The number of aromatic nitrogens is 4. The molecule has 1 N–H and O–H groups in total. The van der Waals surface area contributed by atoms with Gasteiger partial charge in [-0.05, 0) is 6.07 Å². The van der Waals surface area contributed by atoms with Gasteiger partial charge in [0.1, 0.15) is 11.7 Å². The van der Waals surface area contributed by atoms with Crippen molar-refractivity contribution in [1.29, 1.82) is 0 Å². The molecular weight excluding hydrogens is 292 g/mol. The van der Waals surface area contributed by atoms with E-state index in [-0.39, 0.29) is 12.1 Å². The number of aryl methyl sites for hydroxylation is 1. The summed E-state index contributed by atoms with van der Waals surface area (Å²) < 4.78 is 2.89. The van der Waals surface area contributed by atoms with Crippen LogP contribution in [0.15, 0.2) is 41.6 Å². The van der Waals surface area contributed by atoms with Gasteiger partial charge in [0.2, 0.25) is 0 Å². The first kappa shape index (κ1) is 13.8. The summed E-state index contributed by atoms with van der Waals surface area (Å²) in [5.74, 6) is 0. The lowest BCUT2D eigenvalue weighted by atomic mass is 10.1. The maximum Gasteiger partial charge on any atom is 0.264 e. The monoisotopic (exact) mass is 304 g/mol. The zero-order chi connectivity index (χ0) is 15.0. The van der Waals surface area contributed by atoms with Crippen molar-refractivity contribution >= 4 is 22.6 Å². The number of benzene rings is 1. The van der Waals surface area contributed by atoms with Crippen LogP contribution in [0, 0.1) is 0 Å². The van der Waals surface area contributed by atoms with Crippen molar-refractivity contribution in [3.8, 4) is 0 Å². The van der Waals surface area contributed by atoms with Crippen LogP contribution in [0.5, 0.6) is 0 Å². The molecule has 2 aromatic heterocycles. The van der Waals surface area contributed by atoms with Crippen molar-refractivity contribution < 1.29 is 5.11 Å². The Kier molecular flexibility index (Phi) is 3.48. The van der Waals surface area contributed by atoms with Crippen molar-refractivity contribution in [2.45, 2.75) is 12.6 Å². The van der Waals surface area contributed by atoms with Crippen LogP contribution >= 0.6 is 11.6 Å². The van der Waals surface area contributed by atoms with Crippen LogP contribution in [0.25, 0.3) is 11.0 Å². The minimum Gasteiger partial charge on any atom is -0.386 e. The lowest BCUT2D eigenvalue weighted by Crippen LogP contribution is -2.23. The molecule has 1 atom stereocenters. The average molecular weight is 305 g/mol. The Hall–Kier alpha value is -2.18. The van der Waals surface area contributed by atoms with E-state index in [1.807, 2.05) is 0 Å². The lowest BCUT2D eigenvalue weighted by molar-refractivity contribution is 0.155. The molecule has 0 aliphatic heterocycles. The molecule has 21 heavy (non-hydrogen) atoms. The summed E-state index contributed by atoms with van der Waals surface area (Å²) in [6.45, 7) is 0.0837. The van der Waals surface area contributed by atoms with Crippen LogP contribution in [-0.2, 0) is 13.6 Å². The van der Waals surface area contributed by atoms with Crippen molar-refractivity contribution in [3.05, 3.63) is 57.7 Å². The summed E-state index contributed by atoms with van der Waals surface area (Å²) in [6, 6.07) is 7.00. The van der Waals surface area contributed by atoms with E-state index in [0.717, 1.165) is 0 Å². The molecule has 0 aliphatic rings. The Balaban J connectivity index is 1.97. The summed E-state index contributed by atoms with van der Waals surface area (Å²) in [5.41, 5.74) is 0.861. The normalized spacial score (nSPS) is 12.7. The summed E-state index contributed by atoms with van der Waals surface area (Å²) in [6.07, 6.45) is 2.00. The van der Waals surface area contributed by atoms with Gasteiger partial charge in [0.15, 0.2) is 5.65 Å². The summed E-state index contributed by atoms with van der Waals surface area (Å²) in [7, 11) is 1.72. The van der Waals surface area contributed by atoms with E-state index in [1.165, 1.54) is 21.8 Å². The standard InChI is InChI=1S/C14H13ClN4O2/c1-18-13-10(6-17-18)14(21)19(8-16-13)7-12(20)9-4-2-3-5-11(9)15/h2-6,8,12,20H,7H2,1H3. The van der Waals surface area contributed by atoms with Crippen LogP contribution in [0.3, 0.4) is 0 Å². The van der Waals surface area contributed by atoms with E-state index in [4.69, 9.17) is 11.6 Å². The van der Waals surface area contributed by atoms with Gasteiger partial charge < -0.3 is 5.11 Å². The topological polar surface area (TPSA) is 72.9 Å². The molecule has 0 saturated carbocycles. The second-order valence-corrected chi connectivity index (χ2v) is 5.15. The largest absolute Gasteiger partial charge is 0.386 e. The maximum absolute atomic E-state index is 12.3. The molecule has 1 unspecified atom stereocenters. The predicted octanol–water partition coefficient (Wildman–Crippen LogP) is 1.52. The van der Waals surface area contributed by atoms with E-state index in [0.29, 0.717) is 21.6 Å². The number of aliphatic hydroxyl groups excluding tert-OH is 1. The van der Waals surface area contributed by atoms with Crippen molar-refractivity contribution in [3.63, 3.8) is 0 Å². The molecule has 0 saturated heterocycles. The third kappa shape index (κ3) is 2.43. The number of hydrogen-bond donors (Lipinski definition) is 1. The van der Waals surface area contributed by atoms with Crippen molar-refractivity contribution in [1.82, 2.24) is 19.3 Å². The summed E-state index contributed by atoms with van der Waals surface area (Å²) in [5, 5.41) is 15.2. The molecule has 0 amide bonds. The number of aliphatic hydroxyl groups is 1. The summed E-state index contributed by atoms with van der Waals surface area (Å²) >= 11 is 6.05. The van der Waals surface area contributed by atoms with E-state index < -0.39 is 6.10 Å². The molecule has 2 heterocycles. The average Bonchev–Trinajstić information content (AvgIpc) is 2.84. The fourth-order valence-electron chi connectivity index (χ4n) is 2.23. The molecular formula is C14H13ClN4O2. The third-order valence-electron chi connectivity index (χ3n) is 3.35. The van der Waals surface area contributed by atoms with Gasteiger partial charge in [0, 0.05) is 17.6 Å². The third-order valence-corrected chi connectivity index (χ3v) is 3.70. The Morgan fingerprint density at radius 2 is 2.14 bits per heavy atom. The van der Waals surface area contributed by atoms with Gasteiger partial charge in [0.05, 0.1) is 18.8 Å². The maximum atomic E-state index is 12.3. The van der Waals surface area contributed by atoms with E-state index >= 15 is 0 Å². The van der Waals surface area contributed by atoms with E-state index in [1.54, 1.807) is 31.3 Å². The number of rotatable bonds is 3. The van der Waals surface area contributed by atoms with Gasteiger partial charge in [-0.2, -0.15) is 5.10 Å². The van der Waals surface area contributed by atoms with E-state index in [9.17, 15) is 9.90 Å². The van der Waals surface area contributed by atoms with Crippen LogP contribution in [-0.4, -0.2) is 24.4 Å². The Morgan fingerprint density at radius 1 is 1.38 bits per heavy atom. The summed E-state index contributed by atoms with van der Waals surface area (Å²) in [4.78, 5) is 16.5. The first-order valence-corrected chi connectivity index (χ1v) is 6.75. The number of fused-ring (bicyclic) bond motifs is 1. The van der Waals surface area contributed by atoms with Gasteiger partial charge in [-0.1, -0.05) is 29.8 Å². The molecule has 108 valence electrons. The zero-order valence-corrected chi connectivity index (χ0v) is 12.0. The predicted molar refractivity (Wildman–Crippen MR) is 79.2 cm³/mol. The number of hydrogen-bond acceptors (Lipinski definition) is 4. The highest BCUT2D eigenvalue weighted by molar-refractivity contribution is 6.31. The number of nitrogens with zero attached hydrogens (tertiary/aromatic N) is 4. The highest BCUT2D eigenvalue weighted by Crippen LogP contribution is 2.23. The van der Waals surface area contributed by atoms with E-state index in [2.05, 4.69) is 10.1 Å².